The molecule has 0 bridgehead atoms. The Balaban J connectivity index is 1.48. The number of aromatic nitrogens is 1. The second-order valence-corrected chi connectivity index (χ2v) is 10.2. The molecule has 2 aliphatic heterocycles. The van der Waals surface area contributed by atoms with Gasteiger partial charge in [0.2, 0.25) is 0 Å². The molecule has 1 aromatic carbocycles. The van der Waals surface area contributed by atoms with E-state index >= 15 is 0 Å². The predicted molar refractivity (Wildman–Crippen MR) is 132 cm³/mol. The third-order valence-corrected chi connectivity index (χ3v) is 6.84. The van der Waals surface area contributed by atoms with Crippen molar-refractivity contribution >= 4 is 34.7 Å². The summed E-state index contributed by atoms with van der Waals surface area (Å²) >= 11 is 13.0. The molecule has 0 amide bonds. The number of carbonyl (C=O) groups excluding carboxylic acids is 1. The molecular formula is C25H31Cl2N3O3. The highest BCUT2D eigenvalue weighted by Gasteiger charge is 2.28. The second kappa shape index (κ2) is 10.7. The minimum absolute atomic E-state index is 0.00359. The van der Waals surface area contributed by atoms with E-state index in [9.17, 15) is 4.79 Å². The molecule has 0 unspecified atom stereocenters. The van der Waals surface area contributed by atoms with Crippen LogP contribution in [0, 0.1) is 5.92 Å². The molecule has 4 rings (SSSR count). The van der Waals surface area contributed by atoms with Gasteiger partial charge >= 0.3 is 0 Å². The van der Waals surface area contributed by atoms with Gasteiger partial charge in [-0.2, -0.15) is 0 Å². The van der Waals surface area contributed by atoms with Crippen molar-refractivity contribution in [3.8, 4) is 11.1 Å². The van der Waals surface area contributed by atoms with E-state index in [0.717, 1.165) is 49.4 Å². The zero-order valence-electron chi connectivity index (χ0n) is 19.1. The molecule has 6 nitrogen and oxygen atoms in total. The first-order chi connectivity index (χ1) is 15.8. The Hall–Kier alpha value is -1.70. The zero-order chi connectivity index (χ0) is 23.4. The zero-order valence-corrected chi connectivity index (χ0v) is 20.6. The van der Waals surface area contributed by atoms with E-state index in [4.69, 9.17) is 32.7 Å². The highest BCUT2D eigenvalue weighted by atomic mass is 35.5. The van der Waals surface area contributed by atoms with Crippen LogP contribution in [0.1, 0.15) is 32.4 Å². The van der Waals surface area contributed by atoms with Gasteiger partial charge in [0.1, 0.15) is 6.10 Å². The van der Waals surface area contributed by atoms with Crippen molar-refractivity contribution in [1.82, 2.24) is 10.3 Å². The van der Waals surface area contributed by atoms with Crippen molar-refractivity contribution in [3.63, 3.8) is 0 Å². The van der Waals surface area contributed by atoms with E-state index < -0.39 is 6.10 Å². The van der Waals surface area contributed by atoms with Crippen LogP contribution in [0.15, 0.2) is 30.5 Å². The maximum Gasteiger partial charge on any atom is 0.168 e. The van der Waals surface area contributed by atoms with Crippen LogP contribution in [0.4, 0.5) is 5.69 Å². The molecule has 3 heterocycles. The van der Waals surface area contributed by atoms with Crippen molar-refractivity contribution in [2.45, 2.75) is 44.8 Å². The SMILES string of the molecule is CC1(C)C[C@@H](CNc2ccc(Cl)c(-c3cc(CC(=O)[C@H]4CNCCO4)ncc3Cl)c2)CCO1. The molecule has 2 N–H and O–H groups in total. The number of benzene rings is 1. The first kappa shape index (κ1) is 24.4. The predicted octanol–water partition coefficient (Wildman–Crippen LogP) is 4.77. The van der Waals surface area contributed by atoms with Crippen molar-refractivity contribution < 1.29 is 14.3 Å². The minimum atomic E-state index is -0.439. The van der Waals surface area contributed by atoms with Crippen LogP contribution in [0.3, 0.4) is 0 Å². The summed E-state index contributed by atoms with van der Waals surface area (Å²) in [6.45, 7) is 7.78. The quantitative estimate of drug-likeness (QED) is 0.580. The number of rotatable bonds is 7. The van der Waals surface area contributed by atoms with E-state index in [0.29, 0.717) is 34.8 Å². The number of nitrogens with one attached hydrogen (secondary N) is 2. The topological polar surface area (TPSA) is 72.5 Å². The Morgan fingerprint density at radius 1 is 1.21 bits per heavy atom. The number of carbonyl (C=O) groups is 1. The number of ketones is 1. The summed E-state index contributed by atoms with van der Waals surface area (Å²) in [6, 6.07) is 7.70. The van der Waals surface area contributed by atoms with Crippen molar-refractivity contribution in [2.75, 3.05) is 38.2 Å². The molecule has 0 radical (unpaired) electrons. The van der Waals surface area contributed by atoms with E-state index in [2.05, 4.69) is 29.5 Å². The summed E-state index contributed by atoms with van der Waals surface area (Å²) in [6.07, 6.45) is 3.40. The van der Waals surface area contributed by atoms with Crippen molar-refractivity contribution in [2.24, 2.45) is 5.92 Å². The van der Waals surface area contributed by atoms with Crippen LogP contribution < -0.4 is 10.6 Å². The first-order valence-corrected chi connectivity index (χ1v) is 12.2. The van der Waals surface area contributed by atoms with Crippen LogP contribution in [0.5, 0.6) is 0 Å². The van der Waals surface area contributed by atoms with Crippen LogP contribution in [-0.2, 0) is 20.7 Å². The summed E-state index contributed by atoms with van der Waals surface area (Å²) < 4.78 is 11.4. The number of hydrogen-bond acceptors (Lipinski definition) is 6. The normalized spacial score (nSPS) is 22.7. The molecule has 178 valence electrons. The molecular weight excluding hydrogens is 461 g/mol. The lowest BCUT2D eigenvalue weighted by atomic mass is 9.88. The number of anilines is 1. The highest BCUT2D eigenvalue weighted by Crippen LogP contribution is 2.36. The third-order valence-electron chi connectivity index (χ3n) is 6.20. The van der Waals surface area contributed by atoms with Gasteiger partial charge in [-0.1, -0.05) is 23.2 Å². The van der Waals surface area contributed by atoms with Gasteiger partial charge in [-0.05, 0) is 56.9 Å². The van der Waals surface area contributed by atoms with Crippen molar-refractivity contribution in [1.29, 1.82) is 0 Å². The van der Waals surface area contributed by atoms with Crippen LogP contribution in [0.2, 0.25) is 10.0 Å². The fourth-order valence-corrected chi connectivity index (χ4v) is 4.91. The summed E-state index contributed by atoms with van der Waals surface area (Å²) in [7, 11) is 0. The number of ether oxygens (including phenoxy) is 2. The van der Waals surface area contributed by atoms with E-state index in [-0.39, 0.29) is 17.8 Å². The number of hydrogen-bond donors (Lipinski definition) is 2. The fourth-order valence-electron chi connectivity index (χ4n) is 4.49. The van der Waals surface area contributed by atoms with Gasteiger partial charge in [0, 0.05) is 60.0 Å². The lowest BCUT2D eigenvalue weighted by Gasteiger charge is -2.35. The van der Waals surface area contributed by atoms with Crippen LogP contribution >= 0.6 is 23.2 Å². The fraction of sp³-hybridized carbons (Fsp3) is 0.520. The number of pyridine rings is 1. The third kappa shape index (κ3) is 6.46. The molecule has 8 heteroatoms. The minimum Gasteiger partial charge on any atom is -0.385 e. The van der Waals surface area contributed by atoms with Gasteiger partial charge < -0.3 is 20.1 Å². The van der Waals surface area contributed by atoms with Crippen LogP contribution in [0.25, 0.3) is 11.1 Å². The number of Topliss-reactive ketones (excluding diaryl/α,β-unsaturated/α-hetero) is 1. The van der Waals surface area contributed by atoms with Gasteiger partial charge in [-0.25, -0.2) is 0 Å². The average molecular weight is 492 g/mol. The van der Waals surface area contributed by atoms with Gasteiger partial charge in [0.15, 0.2) is 5.78 Å². The number of nitrogens with zero attached hydrogens (tertiary/aromatic N) is 1. The number of halogens is 2. The molecule has 0 aliphatic carbocycles. The average Bonchev–Trinajstić information content (AvgIpc) is 2.80. The molecule has 2 aliphatic rings. The summed E-state index contributed by atoms with van der Waals surface area (Å²) in [5.74, 6) is 0.551. The Morgan fingerprint density at radius 3 is 2.79 bits per heavy atom. The molecule has 0 saturated carbocycles. The molecule has 2 saturated heterocycles. The molecule has 1 aromatic heterocycles. The lowest BCUT2D eigenvalue weighted by Crippen LogP contribution is -2.43. The monoisotopic (exact) mass is 491 g/mol. The molecule has 2 aromatic rings. The van der Waals surface area contributed by atoms with Gasteiger partial charge in [-0.15, -0.1) is 0 Å². The summed E-state index contributed by atoms with van der Waals surface area (Å²) in [4.78, 5) is 17.0. The molecule has 0 spiro atoms. The van der Waals surface area contributed by atoms with Gasteiger partial charge in [0.25, 0.3) is 0 Å². The number of morpholine rings is 1. The van der Waals surface area contributed by atoms with Crippen molar-refractivity contribution in [3.05, 3.63) is 46.2 Å². The molecule has 2 fully saturated rings. The molecule has 2 atom stereocenters. The smallest absolute Gasteiger partial charge is 0.168 e. The Bertz CT molecular complexity index is 993. The lowest BCUT2D eigenvalue weighted by molar-refractivity contribution is -0.131. The standard InChI is InChI=1S/C25H31Cl2N3O3/c1-25(2)12-16(5-7-33-25)13-29-17-3-4-21(26)19(9-17)20-10-18(30-14-22(20)27)11-23(31)24-15-28-6-8-32-24/h3-4,9-10,14,16,24,28-29H,5-8,11-13,15H2,1-2H3/t16-,24+/m0/s1. The van der Waals surface area contributed by atoms with Gasteiger partial charge in [-0.3, -0.25) is 9.78 Å². The first-order valence-electron chi connectivity index (χ1n) is 11.5. The highest BCUT2D eigenvalue weighted by molar-refractivity contribution is 6.36. The maximum atomic E-state index is 12.6. The Kier molecular flexibility index (Phi) is 7.92. The van der Waals surface area contributed by atoms with E-state index in [1.165, 1.54) is 0 Å². The maximum absolute atomic E-state index is 12.6. The van der Waals surface area contributed by atoms with Crippen LogP contribution in [-0.4, -0.2) is 55.3 Å². The summed E-state index contributed by atoms with van der Waals surface area (Å²) in [5.41, 5.74) is 3.12. The largest absolute Gasteiger partial charge is 0.385 e. The van der Waals surface area contributed by atoms with Gasteiger partial charge in [0.05, 0.1) is 23.7 Å². The second-order valence-electron chi connectivity index (χ2n) is 9.40. The molecule has 33 heavy (non-hydrogen) atoms. The summed E-state index contributed by atoms with van der Waals surface area (Å²) in [5, 5.41) is 7.82. The Labute approximate surface area is 205 Å². The van der Waals surface area contributed by atoms with E-state index in [1.54, 1.807) is 6.20 Å². The van der Waals surface area contributed by atoms with E-state index in [1.807, 2.05) is 24.3 Å². The Morgan fingerprint density at radius 2 is 2.03 bits per heavy atom.